The molecule has 1 atom stereocenters. The van der Waals surface area contributed by atoms with Gasteiger partial charge in [0.05, 0.1) is 0 Å². The maximum atomic E-state index is 4.32. The van der Waals surface area contributed by atoms with Gasteiger partial charge in [0.1, 0.15) is 5.65 Å². The van der Waals surface area contributed by atoms with Crippen LogP contribution < -0.4 is 5.32 Å². The molecule has 2 aromatic heterocycles. The predicted molar refractivity (Wildman–Crippen MR) is 75.4 cm³/mol. The van der Waals surface area contributed by atoms with Gasteiger partial charge >= 0.3 is 0 Å². The molecular weight excluding hydrogens is 257 g/mol. The Labute approximate surface area is 113 Å². The lowest BCUT2D eigenvalue weighted by Gasteiger charge is -2.22. The number of hydrogen-bond acceptors (Lipinski definition) is 2. The normalized spacial score (nSPS) is 19.4. The van der Waals surface area contributed by atoms with Crippen molar-refractivity contribution in [2.45, 2.75) is 18.8 Å². The van der Waals surface area contributed by atoms with Crippen LogP contribution in [0.5, 0.6) is 0 Å². The Hall–Kier alpha value is -0.770. The van der Waals surface area contributed by atoms with Crippen LogP contribution >= 0.6 is 24.8 Å². The van der Waals surface area contributed by atoms with Crippen molar-refractivity contribution in [1.29, 1.82) is 0 Å². The van der Waals surface area contributed by atoms with Crippen molar-refractivity contribution in [3.8, 4) is 0 Å². The maximum absolute atomic E-state index is 4.32. The topological polar surface area (TPSA) is 40.7 Å². The van der Waals surface area contributed by atoms with E-state index in [-0.39, 0.29) is 24.8 Å². The van der Waals surface area contributed by atoms with E-state index < -0.39 is 0 Å². The van der Waals surface area contributed by atoms with E-state index in [4.69, 9.17) is 0 Å². The molecule has 0 aromatic carbocycles. The van der Waals surface area contributed by atoms with Crippen molar-refractivity contribution in [3.63, 3.8) is 0 Å². The zero-order valence-electron chi connectivity index (χ0n) is 9.48. The molecule has 1 aliphatic heterocycles. The Morgan fingerprint density at radius 2 is 2.18 bits per heavy atom. The van der Waals surface area contributed by atoms with Gasteiger partial charge in [0.15, 0.2) is 0 Å². The van der Waals surface area contributed by atoms with Crippen LogP contribution in [0.2, 0.25) is 0 Å². The standard InChI is InChI=1S/C12H15N3.2ClH/c1-3-9(7-13-5-1)11-8-15-12-10(11)4-2-6-14-12;;/h2,4,6,8-9,13H,1,3,5,7H2,(H,14,15);2*1H. The number of piperidine rings is 1. The van der Waals surface area contributed by atoms with Gasteiger partial charge in [-0.1, -0.05) is 0 Å². The van der Waals surface area contributed by atoms with Crippen LogP contribution in [0.15, 0.2) is 24.5 Å². The summed E-state index contributed by atoms with van der Waals surface area (Å²) in [5.41, 5.74) is 2.43. The van der Waals surface area contributed by atoms with Gasteiger partial charge in [-0.3, -0.25) is 0 Å². The summed E-state index contributed by atoms with van der Waals surface area (Å²) in [6, 6.07) is 4.17. The fraction of sp³-hybridized carbons (Fsp3) is 0.417. The van der Waals surface area contributed by atoms with Crippen LogP contribution in [0, 0.1) is 0 Å². The van der Waals surface area contributed by atoms with Crippen molar-refractivity contribution >= 4 is 35.8 Å². The molecule has 1 saturated heterocycles. The number of nitrogens with one attached hydrogen (secondary N) is 2. The molecule has 2 aromatic rings. The largest absolute Gasteiger partial charge is 0.346 e. The SMILES string of the molecule is Cl.Cl.c1cnc2[nH]cc(C3CCCNC3)c2c1. The summed E-state index contributed by atoms with van der Waals surface area (Å²) < 4.78 is 0. The van der Waals surface area contributed by atoms with Gasteiger partial charge in [0, 0.05) is 24.3 Å². The molecule has 94 valence electrons. The second kappa shape index (κ2) is 6.24. The summed E-state index contributed by atoms with van der Waals surface area (Å²) in [6.07, 6.45) is 6.52. The fourth-order valence-corrected chi connectivity index (χ4v) is 2.43. The summed E-state index contributed by atoms with van der Waals surface area (Å²) in [5.74, 6) is 0.650. The molecule has 3 rings (SSSR count). The second-order valence-corrected chi connectivity index (χ2v) is 4.19. The quantitative estimate of drug-likeness (QED) is 0.839. The first-order valence-corrected chi connectivity index (χ1v) is 5.58. The Bertz CT molecular complexity index is 463. The minimum absolute atomic E-state index is 0. The van der Waals surface area contributed by atoms with Crippen molar-refractivity contribution in [3.05, 3.63) is 30.1 Å². The highest BCUT2D eigenvalue weighted by Crippen LogP contribution is 2.28. The highest BCUT2D eigenvalue weighted by atomic mass is 35.5. The van der Waals surface area contributed by atoms with E-state index in [1.54, 1.807) is 0 Å². The Morgan fingerprint density at radius 3 is 2.94 bits per heavy atom. The third-order valence-corrected chi connectivity index (χ3v) is 3.22. The summed E-state index contributed by atoms with van der Waals surface area (Å²) in [7, 11) is 0. The highest BCUT2D eigenvalue weighted by molar-refractivity contribution is 5.85. The molecule has 0 spiro atoms. The molecule has 1 aliphatic rings. The van der Waals surface area contributed by atoms with Crippen LogP contribution in [-0.4, -0.2) is 23.1 Å². The summed E-state index contributed by atoms with van der Waals surface area (Å²) in [6.45, 7) is 2.26. The van der Waals surface area contributed by atoms with Gasteiger partial charge in [-0.05, 0) is 43.0 Å². The number of fused-ring (bicyclic) bond motifs is 1. The molecule has 0 bridgehead atoms. The van der Waals surface area contributed by atoms with Crippen molar-refractivity contribution in [1.82, 2.24) is 15.3 Å². The molecule has 17 heavy (non-hydrogen) atoms. The lowest BCUT2D eigenvalue weighted by atomic mass is 9.92. The van der Waals surface area contributed by atoms with Gasteiger partial charge in [0.2, 0.25) is 0 Å². The monoisotopic (exact) mass is 273 g/mol. The molecule has 5 heteroatoms. The number of pyridine rings is 1. The van der Waals surface area contributed by atoms with Gasteiger partial charge in [-0.25, -0.2) is 4.98 Å². The van der Waals surface area contributed by atoms with E-state index in [1.807, 2.05) is 12.3 Å². The molecule has 2 N–H and O–H groups in total. The molecule has 3 heterocycles. The third kappa shape index (κ3) is 2.73. The zero-order valence-corrected chi connectivity index (χ0v) is 11.1. The summed E-state index contributed by atoms with van der Waals surface area (Å²) in [4.78, 5) is 7.57. The number of aromatic nitrogens is 2. The lowest BCUT2D eigenvalue weighted by Crippen LogP contribution is -2.28. The molecule has 0 saturated carbocycles. The minimum Gasteiger partial charge on any atom is -0.346 e. The first-order chi connectivity index (χ1) is 7.45. The number of rotatable bonds is 1. The molecule has 1 fully saturated rings. The number of hydrogen-bond donors (Lipinski definition) is 2. The van der Waals surface area contributed by atoms with Crippen LogP contribution in [0.1, 0.15) is 24.3 Å². The van der Waals surface area contributed by atoms with E-state index in [9.17, 15) is 0 Å². The van der Waals surface area contributed by atoms with Crippen molar-refractivity contribution in [2.75, 3.05) is 13.1 Å². The Kier molecular flexibility index (Phi) is 5.25. The van der Waals surface area contributed by atoms with Crippen LogP contribution in [0.3, 0.4) is 0 Å². The van der Waals surface area contributed by atoms with E-state index in [0.29, 0.717) is 5.92 Å². The van der Waals surface area contributed by atoms with Gasteiger partial charge in [-0.15, -0.1) is 24.8 Å². The van der Waals surface area contributed by atoms with Crippen molar-refractivity contribution < 1.29 is 0 Å². The highest BCUT2D eigenvalue weighted by Gasteiger charge is 2.18. The molecule has 0 radical (unpaired) electrons. The Balaban J connectivity index is 0.000000722. The molecule has 0 aliphatic carbocycles. The molecular formula is C12H17Cl2N3. The molecule has 3 nitrogen and oxygen atoms in total. The average molecular weight is 274 g/mol. The van der Waals surface area contributed by atoms with Gasteiger partial charge in [-0.2, -0.15) is 0 Å². The minimum atomic E-state index is 0. The lowest BCUT2D eigenvalue weighted by molar-refractivity contribution is 0.463. The first-order valence-electron chi connectivity index (χ1n) is 5.58. The number of nitrogens with zero attached hydrogens (tertiary/aromatic N) is 1. The summed E-state index contributed by atoms with van der Waals surface area (Å²) in [5, 5.41) is 4.74. The smallest absolute Gasteiger partial charge is 0.137 e. The number of halogens is 2. The molecule has 1 unspecified atom stereocenters. The van der Waals surface area contributed by atoms with E-state index >= 15 is 0 Å². The first kappa shape index (κ1) is 14.3. The van der Waals surface area contributed by atoms with Crippen LogP contribution in [0.25, 0.3) is 11.0 Å². The van der Waals surface area contributed by atoms with Crippen LogP contribution in [0.4, 0.5) is 0 Å². The second-order valence-electron chi connectivity index (χ2n) is 4.19. The Morgan fingerprint density at radius 1 is 1.29 bits per heavy atom. The van der Waals surface area contributed by atoms with Gasteiger partial charge in [0.25, 0.3) is 0 Å². The van der Waals surface area contributed by atoms with Crippen LogP contribution in [-0.2, 0) is 0 Å². The predicted octanol–water partition coefficient (Wildman–Crippen LogP) is 2.87. The number of H-pyrrole nitrogens is 1. The number of aromatic amines is 1. The van der Waals surface area contributed by atoms with E-state index in [2.05, 4.69) is 27.5 Å². The molecule has 0 amide bonds. The maximum Gasteiger partial charge on any atom is 0.137 e. The third-order valence-electron chi connectivity index (χ3n) is 3.22. The summed E-state index contributed by atoms with van der Waals surface area (Å²) >= 11 is 0. The van der Waals surface area contributed by atoms with E-state index in [1.165, 1.54) is 23.8 Å². The van der Waals surface area contributed by atoms with Gasteiger partial charge < -0.3 is 10.3 Å². The zero-order chi connectivity index (χ0) is 10.1. The fourth-order valence-electron chi connectivity index (χ4n) is 2.43. The van der Waals surface area contributed by atoms with Crippen molar-refractivity contribution in [2.24, 2.45) is 0 Å². The van der Waals surface area contributed by atoms with E-state index in [0.717, 1.165) is 18.7 Å². The average Bonchev–Trinajstić information content (AvgIpc) is 2.74.